The van der Waals surface area contributed by atoms with Gasteiger partial charge in [-0.05, 0) is 12.1 Å². The summed E-state index contributed by atoms with van der Waals surface area (Å²) >= 11 is 3.18. The number of ether oxygens (including phenoxy) is 1. The molecule has 6 heteroatoms. The lowest BCUT2D eigenvalue weighted by Gasteiger charge is -2.09. The molecule has 1 aromatic rings. The first-order valence-corrected chi connectivity index (χ1v) is 5.68. The Kier molecular flexibility index (Phi) is 4.70. The molecule has 0 fully saturated rings. The first-order chi connectivity index (χ1) is 7.92. The van der Waals surface area contributed by atoms with Gasteiger partial charge in [0.15, 0.2) is 0 Å². The van der Waals surface area contributed by atoms with Crippen LogP contribution in [0.2, 0.25) is 0 Å². The Balaban J connectivity index is 2.84. The van der Waals surface area contributed by atoms with Crippen LogP contribution < -0.4 is 4.74 Å². The van der Waals surface area contributed by atoms with Gasteiger partial charge in [-0.1, -0.05) is 27.8 Å². The second-order valence-corrected chi connectivity index (χ2v) is 3.76. The number of halogens is 4. The number of benzene rings is 1. The fourth-order valence-corrected chi connectivity index (χ4v) is 1.22. The maximum absolute atomic E-state index is 11.9. The van der Waals surface area contributed by atoms with Gasteiger partial charge in [0.2, 0.25) is 0 Å². The van der Waals surface area contributed by atoms with Crippen LogP contribution in [-0.4, -0.2) is 16.8 Å². The van der Waals surface area contributed by atoms with Gasteiger partial charge in [0, 0.05) is 17.8 Å². The lowest BCUT2D eigenvalue weighted by Crippen LogP contribution is -2.17. The number of phenolic OH excluding ortho intramolecular Hbond substituents is 1. The summed E-state index contributed by atoms with van der Waals surface area (Å²) in [6.07, 6.45) is -4.18. The number of rotatable bonds is 2. The molecular weight excluding hydrogens is 301 g/mol. The van der Waals surface area contributed by atoms with Gasteiger partial charge in [0.1, 0.15) is 11.5 Å². The van der Waals surface area contributed by atoms with Crippen molar-refractivity contribution in [2.75, 3.05) is 5.33 Å². The highest BCUT2D eigenvalue weighted by Gasteiger charge is 2.31. The van der Waals surface area contributed by atoms with Gasteiger partial charge in [-0.2, -0.15) is 0 Å². The third-order valence-corrected chi connectivity index (χ3v) is 2.04. The van der Waals surface area contributed by atoms with Gasteiger partial charge in [0.25, 0.3) is 0 Å². The predicted molar refractivity (Wildman–Crippen MR) is 60.1 cm³/mol. The van der Waals surface area contributed by atoms with Gasteiger partial charge in [-0.25, -0.2) is 0 Å². The van der Waals surface area contributed by atoms with Crippen molar-refractivity contribution in [1.29, 1.82) is 0 Å². The Morgan fingerprint density at radius 2 is 2.06 bits per heavy atom. The molecule has 17 heavy (non-hydrogen) atoms. The molecule has 0 radical (unpaired) electrons. The molecule has 0 bridgehead atoms. The van der Waals surface area contributed by atoms with Crippen LogP contribution in [0.1, 0.15) is 12.0 Å². The summed E-state index contributed by atoms with van der Waals surface area (Å²) < 4.78 is 39.3. The smallest absolute Gasteiger partial charge is 0.507 e. The first kappa shape index (κ1) is 13.7. The topological polar surface area (TPSA) is 29.5 Å². The minimum Gasteiger partial charge on any atom is -0.507 e. The van der Waals surface area contributed by atoms with E-state index in [1.807, 2.05) is 0 Å². The third-order valence-electron chi connectivity index (χ3n) is 1.65. The summed E-state index contributed by atoms with van der Waals surface area (Å²) in [6.45, 7) is 0. The molecule has 0 aliphatic heterocycles. The zero-order valence-corrected chi connectivity index (χ0v) is 10.1. The minimum atomic E-state index is -4.77. The van der Waals surface area contributed by atoms with E-state index in [0.717, 1.165) is 12.1 Å². The van der Waals surface area contributed by atoms with Gasteiger partial charge in [-0.15, -0.1) is 13.2 Å². The van der Waals surface area contributed by atoms with Crippen molar-refractivity contribution in [1.82, 2.24) is 0 Å². The van der Waals surface area contributed by atoms with Crippen molar-refractivity contribution in [2.45, 2.75) is 12.8 Å². The number of phenols is 1. The molecule has 0 heterocycles. The van der Waals surface area contributed by atoms with Crippen LogP contribution in [0.5, 0.6) is 11.5 Å². The van der Waals surface area contributed by atoms with E-state index >= 15 is 0 Å². The van der Waals surface area contributed by atoms with Crippen molar-refractivity contribution >= 4 is 15.9 Å². The molecule has 1 aromatic carbocycles. The summed E-state index contributed by atoms with van der Waals surface area (Å²) in [5.74, 6) is 4.57. The minimum absolute atomic E-state index is 0.264. The highest BCUT2D eigenvalue weighted by molar-refractivity contribution is 9.09. The standard InChI is InChI=1S/C11H8BrF3O2/c12-6-2-1-3-8-4-5-9(7-10(8)16)17-11(13,14)15/h4-5,7,16H,2,6H2. The Morgan fingerprint density at radius 3 is 2.59 bits per heavy atom. The Morgan fingerprint density at radius 1 is 1.35 bits per heavy atom. The SMILES string of the molecule is Oc1cc(OC(F)(F)F)ccc1C#CCCBr. The molecule has 0 aliphatic rings. The average Bonchev–Trinajstić information content (AvgIpc) is 2.19. The van der Waals surface area contributed by atoms with Crippen LogP contribution in [-0.2, 0) is 0 Å². The Hall–Kier alpha value is -1.35. The summed E-state index contributed by atoms with van der Waals surface area (Å²) in [7, 11) is 0. The van der Waals surface area contributed by atoms with E-state index in [-0.39, 0.29) is 11.3 Å². The zero-order chi connectivity index (χ0) is 12.9. The summed E-state index contributed by atoms with van der Waals surface area (Å²) in [5, 5.41) is 10.1. The van der Waals surface area contributed by atoms with Gasteiger partial charge < -0.3 is 9.84 Å². The largest absolute Gasteiger partial charge is 0.573 e. The second kappa shape index (κ2) is 5.82. The van der Waals surface area contributed by atoms with Gasteiger partial charge in [-0.3, -0.25) is 0 Å². The van der Waals surface area contributed by atoms with E-state index < -0.39 is 12.1 Å². The molecule has 1 rings (SSSR count). The fourth-order valence-electron chi connectivity index (χ4n) is 1.02. The van der Waals surface area contributed by atoms with Crippen LogP contribution in [0.25, 0.3) is 0 Å². The molecule has 0 atom stereocenters. The van der Waals surface area contributed by atoms with Crippen LogP contribution in [0.3, 0.4) is 0 Å². The molecule has 92 valence electrons. The average molecular weight is 309 g/mol. The number of hydrogen-bond donors (Lipinski definition) is 1. The highest BCUT2D eigenvalue weighted by Crippen LogP contribution is 2.27. The Labute approximate surface area is 105 Å². The predicted octanol–water partition coefficient (Wildman–Crippen LogP) is 3.43. The van der Waals surface area contributed by atoms with E-state index in [1.54, 1.807) is 0 Å². The lowest BCUT2D eigenvalue weighted by atomic mass is 10.2. The molecule has 0 amide bonds. The lowest BCUT2D eigenvalue weighted by molar-refractivity contribution is -0.274. The van der Waals surface area contributed by atoms with E-state index in [4.69, 9.17) is 0 Å². The first-order valence-electron chi connectivity index (χ1n) is 4.56. The summed E-state index contributed by atoms with van der Waals surface area (Å²) in [6, 6.07) is 3.26. The van der Waals surface area contributed by atoms with Crippen LogP contribution in [0, 0.1) is 11.8 Å². The van der Waals surface area contributed by atoms with Crippen molar-refractivity contribution < 1.29 is 23.0 Å². The molecule has 2 nitrogen and oxygen atoms in total. The molecule has 0 unspecified atom stereocenters. The maximum Gasteiger partial charge on any atom is 0.573 e. The van der Waals surface area contributed by atoms with Crippen LogP contribution in [0.15, 0.2) is 18.2 Å². The second-order valence-electron chi connectivity index (χ2n) is 2.97. The molecule has 0 spiro atoms. The monoisotopic (exact) mass is 308 g/mol. The molecule has 0 saturated carbocycles. The zero-order valence-electron chi connectivity index (χ0n) is 8.51. The van der Waals surface area contributed by atoms with Gasteiger partial charge >= 0.3 is 6.36 Å². The summed E-state index contributed by atoms with van der Waals surface area (Å²) in [4.78, 5) is 0. The van der Waals surface area contributed by atoms with E-state index in [9.17, 15) is 18.3 Å². The molecule has 0 aliphatic carbocycles. The van der Waals surface area contributed by atoms with Crippen molar-refractivity contribution in [2.24, 2.45) is 0 Å². The van der Waals surface area contributed by atoms with Crippen molar-refractivity contribution in [3.8, 4) is 23.3 Å². The fraction of sp³-hybridized carbons (Fsp3) is 0.273. The van der Waals surface area contributed by atoms with Crippen LogP contribution >= 0.6 is 15.9 Å². The highest BCUT2D eigenvalue weighted by atomic mass is 79.9. The molecule has 0 aromatic heterocycles. The van der Waals surface area contributed by atoms with E-state index in [0.29, 0.717) is 11.8 Å². The molecule has 0 saturated heterocycles. The number of aromatic hydroxyl groups is 1. The molecule has 1 N–H and O–H groups in total. The number of hydrogen-bond acceptors (Lipinski definition) is 2. The molecular formula is C11H8BrF3O2. The Bertz CT molecular complexity index is 446. The third kappa shape index (κ3) is 5.00. The normalized spacial score (nSPS) is 10.6. The summed E-state index contributed by atoms with van der Waals surface area (Å²) in [5.41, 5.74) is 0.264. The number of alkyl halides is 4. The van der Waals surface area contributed by atoms with E-state index in [1.165, 1.54) is 6.07 Å². The van der Waals surface area contributed by atoms with E-state index in [2.05, 4.69) is 32.5 Å². The van der Waals surface area contributed by atoms with Crippen molar-refractivity contribution in [3.63, 3.8) is 0 Å². The van der Waals surface area contributed by atoms with Gasteiger partial charge in [0.05, 0.1) is 5.56 Å². The van der Waals surface area contributed by atoms with Crippen LogP contribution in [0.4, 0.5) is 13.2 Å². The maximum atomic E-state index is 11.9. The quantitative estimate of drug-likeness (QED) is 0.670. The van der Waals surface area contributed by atoms with Crippen molar-refractivity contribution in [3.05, 3.63) is 23.8 Å².